The van der Waals surface area contributed by atoms with Crippen molar-refractivity contribution in [2.24, 2.45) is 0 Å². The molecule has 1 aliphatic rings. The van der Waals surface area contributed by atoms with E-state index >= 15 is 0 Å². The first-order valence-corrected chi connectivity index (χ1v) is 17.2. The van der Waals surface area contributed by atoms with Crippen LogP contribution in [0.2, 0.25) is 0 Å². The topological polar surface area (TPSA) is 51.8 Å². The van der Waals surface area contributed by atoms with Crippen LogP contribution >= 0.6 is 0 Å². The average molecular weight is 650 g/mol. The molecule has 0 saturated heterocycles. The van der Waals surface area contributed by atoms with Crippen molar-refractivity contribution in [1.29, 1.82) is 0 Å². The van der Waals surface area contributed by atoms with E-state index in [1.165, 1.54) is 38.4 Å². The fourth-order valence-electron chi connectivity index (χ4n) is 7.85. The van der Waals surface area contributed by atoms with E-state index in [0.717, 1.165) is 55.1 Å². The Bertz CT molecular complexity index is 3040. The number of furan rings is 1. The van der Waals surface area contributed by atoms with E-state index in [9.17, 15) is 0 Å². The highest BCUT2D eigenvalue weighted by atomic mass is 16.3. The number of hydrogen-bond acceptors (Lipinski definition) is 4. The molecule has 0 radical (unpaired) electrons. The molecule has 0 fully saturated rings. The van der Waals surface area contributed by atoms with Crippen LogP contribution in [0.4, 0.5) is 0 Å². The number of para-hydroxylation sites is 1. The fraction of sp³-hybridized carbons (Fsp3) is 0. The summed E-state index contributed by atoms with van der Waals surface area (Å²) < 4.78 is 6.26. The summed E-state index contributed by atoms with van der Waals surface area (Å²) in [5.41, 5.74) is 11.8. The first-order valence-electron chi connectivity index (χ1n) is 17.2. The predicted molar refractivity (Wildman–Crippen MR) is 208 cm³/mol. The maximum atomic E-state index is 6.26. The highest BCUT2D eigenvalue weighted by molar-refractivity contribution is 6.16. The molecule has 1 aliphatic carbocycles. The highest BCUT2D eigenvalue weighted by Gasteiger charge is 2.22. The van der Waals surface area contributed by atoms with E-state index in [0.29, 0.717) is 17.5 Å². The highest BCUT2D eigenvalue weighted by Crippen LogP contribution is 2.48. The minimum absolute atomic E-state index is 0.606. The molecule has 51 heavy (non-hydrogen) atoms. The van der Waals surface area contributed by atoms with E-state index in [1.54, 1.807) is 0 Å². The number of nitrogens with zero attached hydrogens (tertiary/aromatic N) is 3. The van der Waals surface area contributed by atoms with Gasteiger partial charge in [-0.3, -0.25) is 0 Å². The van der Waals surface area contributed by atoms with Crippen LogP contribution in [0.5, 0.6) is 0 Å². The molecule has 4 heteroatoms. The Hall–Kier alpha value is -6.91. The average Bonchev–Trinajstić information content (AvgIpc) is 3.74. The molecule has 0 saturated carbocycles. The Balaban J connectivity index is 1.09. The smallest absolute Gasteiger partial charge is 0.164 e. The number of benzene rings is 8. The second-order valence-corrected chi connectivity index (χ2v) is 13.2. The first kappa shape index (κ1) is 28.0. The minimum atomic E-state index is 0.606. The third-order valence-electron chi connectivity index (χ3n) is 10.2. The van der Waals surface area contributed by atoms with Crippen LogP contribution in [-0.4, -0.2) is 15.0 Å². The second-order valence-electron chi connectivity index (χ2n) is 13.2. The van der Waals surface area contributed by atoms with Crippen LogP contribution in [-0.2, 0) is 0 Å². The van der Waals surface area contributed by atoms with Gasteiger partial charge < -0.3 is 4.42 Å². The van der Waals surface area contributed by atoms with Crippen molar-refractivity contribution in [3.05, 3.63) is 164 Å². The Morgan fingerprint density at radius 1 is 0.314 bits per heavy atom. The van der Waals surface area contributed by atoms with Gasteiger partial charge in [-0.2, -0.15) is 0 Å². The summed E-state index contributed by atoms with van der Waals surface area (Å²) in [7, 11) is 0. The number of hydrogen-bond donors (Lipinski definition) is 0. The van der Waals surface area contributed by atoms with Crippen molar-refractivity contribution in [1.82, 2.24) is 15.0 Å². The summed E-state index contributed by atoms with van der Waals surface area (Å²) in [6, 6.07) is 57.5. The largest absolute Gasteiger partial charge is 0.456 e. The van der Waals surface area contributed by atoms with Gasteiger partial charge in [-0.1, -0.05) is 133 Å². The number of aromatic nitrogens is 3. The van der Waals surface area contributed by atoms with Crippen LogP contribution in [0, 0.1) is 0 Å². The lowest BCUT2D eigenvalue weighted by Crippen LogP contribution is -2.00. The molecule has 0 N–H and O–H groups in total. The van der Waals surface area contributed by atoms with Crippen molar-refractivity contribution in [3.8, 4) is 67.5 Å². The van der Waals surface area contributed by atoms with Crippen molar-refractivity contribution in [2.45, 2.75) is 0 Å². The Morgan fingerprint density at radius 2 is 0.922 bits per heavy atom. The van der Waals surface area contributed by atoms with Crippen molar-refractivity contribution < 1.29 is 4.42 Å². The van der Waals surface area contributed by atoms with Gasteiger partial charge in [0.05, 0.1) is 0 Å². The van der Waals surface area contributed by atoms with E-state index in [2.05, 4.69) is 133 Å². The van der Waals surface area contributed by atoms with Crippen LogP contribution < -0.4 is 0 Å². The molecule has 11 rings (SSSR count). The third-order valence-corrected chi connectivity index (χ3v) is 10.2. The van der Waals surface area contributed by atoms with Crippen molar-refractivity contribution in [2.75, 3.05) is 0 Å². The lowest BCUT2D eigenvalue weighted by molar-refractivity contribution is 0.669. The molecule has 2 aromatic heterocycles. The van der Waals surface area contributed by atoms with Gasteiger partial charge in [-0.15, -0.1) is 0 Å². The van der Waals surface area contributed by atoms with Gasteiger partial charge in [0.1, 0.15) is 11.2 Å². The normalized spacial score (nSPS) is 11.9. The van der Waals surface area contributed by atoms with Crippen molar-refractivity contribution >= 4 is 43.5 Å². The molecule has 0 amide bonds. The molecule has 0 aliphatic heterocycles. The maximum absolute atomic E-state index is 6.26. The van der Waals surface area contributed by atoms with E-state index in [4.69, 9.17) is 19.4 Å². The maximum Gasteiger partial charge on any atom is 0.164 e. The summed E-state index contributed by atoms with van der Waals surface area (Å²) in [4.78, 5) is 15.5. The minimum Gasteiger partial charge on any atom is -0.456 e. The first-order chi connectivity index (χ1) is 25.2. The molecular weight excluding hydrogens is 623 g/mol. The zero-order chi connectivity index (χ0) is 33.5. The Labute approximate surface area is 293 Å². The molecule has 10 aromatic rings. The summed E-state index contributed by atoms with van der Waals surface area (Å²) in [5.74, 6) is 1.85. The van der Waals surface area contributed by atoms with Gasteiger partial charge in [0.25, 0.3) is 0 Å². The lowest BCUT2D eigenvalue weighted by atomic mass is 9.96. The lowest BCUT2D eigenvalue weighted by Gasteiger charge is -2.11. The number of rotatable bonds is 4. The van der Waals surface area contributed by atoms with Crippen LogP contribution in [0.15, 0.2) is 168 Å². The predicted octanol–water partition coefficient (Wildman–Crippen LogP) is 12.4. The van der Waals surface area contributed by atoms with Crippen LogP contribution in [0.1, 0.15) is 0 Å². The molecular formula is C47H27N3O. The summed E-state index contributed by atoms with van der Waals surface area (Å²) in [5, 5.41) is 6.95. The zero-order valence-electron chi connectivity index (χ0n) is 27.3. The molecule has 0 atom stereocenters. The van der Waals surface area contributed by atoms with Crippen LogP contribution in [0.25, 0.3) is 111 Å². The molecule has 8 aromatic carbocycles. The molecule has 0 bridgehead atoms. The summed E-state index contributed by atoms with van der Waals surface area (Å²) in [6.07, 6.45) is 0. The van der Waals surface area contributed by atoms with Gasteiger partial charge in [-0.05, 0) is 85.3 Å². The van der Waals surface area contributed by atoms with Gasteiger partial charge in [-0.25, -0.2) is 15.0 Å². The molecule has 2 heterocycles. The van der Waals surface area contributed by atoms with Gasteiger partial charge in [0.2, 0.25) is 0 Å². The van der Waals surface area contributed by atoms with E-state index in [-0.39, 0.29) is 0 Å². The van der Waals surface area contributed by atoms with E-state index < -0.39 is 0 Å². The van der Waals surface area contributed by atoms with Crippen LogP contribution in [0.3, 0.4) is 0 Å². The zero-order valence-corrected chi connectivity index (χ0v) is 27.3. The van der Waals surface area contributed by atoms with Gasteiger partial charge in [0.15, 0.2) is 17.5 Å². The molecule has 236 valence electrons. The van der Waals surface area contributed by atoms with Gasteiger partial charge >= 0.3 is 0 Å². The quantitative estimate of drug-likeness (QED) is 0.190. The Morgan fingerprint density at radius 3 is 1.80 bits per heavy atom. The monoisotopic (exact) mass is 649 g/mol. The Kier molecular flexibility index (Phi) is 5.92. The van der Waals surface area contributed by atoms with Gasteiger partial charge in [0, 0.05) is 27.5 Å². The fourth-order valence-corrected chi connectivity index (χ4v) is 7.85. The molecule has 0 unspecified atom stereocenters. The third kappa shape index (κ3) is 4.37. The van der Waals surface area contributed by atoms with E-state index in [1.807, 2.05) is 30.3 Å². The standard InChI is InChI=1S/C47H27N3O/c1-2-10-30-25-34(22-21-28(30)9-1)46-48-45(49-47(50-46)39-18-8-20-42-44(39)38-15-3-4-19-41(38)51-42)33-14-5-13-31(26-33)32-23-24-35-36-16-6-11-29-12-7-17-37(43(29)36)40(35)27-32/h1-27H. The summed E-state index contributed by atoms with van der Waals surface area (Å²) >= 11 is 0. The number of fused-ring (bicyclic) bond motifs is 7. The summed E-state index contributed by atoms with van der Waals surface area (Å²) in [6.45, 7) is 0. The SMILES string of the molecule is c1cc(-c2ccc3c(c2)-c2cccc4cccc-3c24)cc(-c2nc(-c3ccc4ccccc4c3)nc(-c3cccc4oc5ccccc5c34)n2)c1. The second kappa shape index (κ2) is 10.8. The molecule has 4 nitrogen and oxygen atoms in total. The van der Waals surface area contributed by atoms with Crippen molar-refractivity contribution in [3.63, 3.8) is 0 Å². The molecule has 0 spiro atoms.